The van der Waals surface area contributed by atoms with Gasteiger partial charge in [-0.1, -0.05) is 24.3 Å². The molecule has 0 bridgehead atoms. The van der Waals surface area contributed by atoms with Gasteiger partial charge in [-0.3, -0.25) is 14.2 Å². The maximum atomic E-state index is 13.2. The summed E-state index contributed by atoms with van der Waals surface area (Å²) in [5, 5.41) is 2.51. The fourth-order valence-electron chi connectivity index (χ4n) is 2.82. The van der Waals surface area contributed by atoms with Gasteiger partial charge in [0, 0.05) is 6.54 Å². The van der Waals surface area contributed by atoms with Gasteiger partial charge in [0.25, 0.3) is 5.56 Å². The molecule has 2 aromatic carbocycles. The number of aromatic nitrogens is 2. The van der Waals surface area contributed by atoms with Crippen LogP contribution in [0.15, 0.2) is 53.3 Å². The van der Waals surface area contributed by atoms with Crippen molar-refractivity contribution < 1.29 is 22.4 Å². The van der Waals surface area contributed by atoms with Crippen molar-refractivity contribution in [3.05, 3.63) is 76.0 Å². The van der Waals surface area contributed by atoms with Gasteiger partial charge in [0.2, 0.25) is 11.6 Å². The zero-order chi connectivity index (χ0) is 20.5. The van der Waals surface area contributed by atoms with Gasteiger partial charge in [-0.15, -0.1) is 0 Å². The van der Waals surface area contributed by atoms with Crippen LogP contribution in [-0.2, 0) is 17.5 Å². The lowest BCUT2D eigenvalue weighted by Gasteiger charge is -2.19. The maximum absolute atomic E-state index is 13.2. The number of fused-ring (bicyclic) bond motifs is 1. The first-order valence-corrected chi connectivity index (χ1v) is 8.29. The van der Waals surface area contributed by atoms with Crippen LogP contribution in [0.25, 0.3) is 11.0 Å². The molecule has 0 spiro atoms. The number of amides is 1. The van der Waals surface area contributed by atoms with E-state index in [9.17, 15) is 27.2 Å². The Morgan fingerprint density at radius 1 is 1.18 bits per heavy atom. The predicted molar refractivity (Wildman–Crippen MR) is 94.0 cm³/mol. The molecule has 1 aromatic heterocycles. The molecule has 28 heavy (non-hydrogen) atoms. The monoisotopic (exact) mass is 393 g/mol. The summed E-state index contributed by atoms with van der Waals surface area (Å²) in [6, 6.07) is 10.0. The number of hydrogen-bond donors (Lipinski definition) is 1. The Balaban J connectivity index is 1.98. The fourth-order valence-corrected chi connectivity index (χ4v) is 2.82. The third-order valence-corrected chi connectivity index (χ3v) is 4.19. The third-order valence-electron chi connectivity index (χ3n) is 4.19. The molecule has 0 saturated heterocycles. The van der Waals surface area contributed by atoms with Crippen molar-refractivity contribution in [2.45, 2.75) is 25.7 Å². The molecule has 0 radical (unpaired) electrons. The van der Waals surface area contributed by atoms with Crippen LogP contribution in [-0.4, -0.2) is 15.5 Å². The Morgan fingerprint density at radius 3 is 2.57 bits per heavy atom. The number of halogens is 4. The van der Waals surface area contributed by atoms with Crippen LogP contribution in [0.5, 0.6) is 0 Å². The lowest BCUT2D eigenvalue weighted by Crippen LogP contribution is -2.38. The van der Waals surface area contributed by atoms with Gasteiger partial charge in [-0.2, -0.15) is 13.2 Å². The van der Waals surface area contributed by atoms with Crippen molar-refractivity contribution in [3.8, 4) is 0 Å². The van der Waals surface area contributed by atoms with E-state index in [1.807, 2.05) is 0 Å². The average Bonchev–Trinajstić information content (AvgIpc) is 2.64. The van der Waals surface area contributed by atoms with Crippen LogP contribution in [0.1, 0.15) is 24.2 Å². The summed E-state index contributed by atoms with van der Waals surface area (Å²) < 4.78 is 53.6. The highest BCUT2D eigenvalue weighted by molar-refractivity contribution is 5.83. The molecule has 5 nitrogen and oxygen atoms in total. The molecule has 146 valence electrons. The summed E-state index contributed by atoms with van der Waals surface area (Å²) in [4.78, 5) is 28.4. The Morgan fingerprint density at radius 2 is 1.89 bits per heavy atom. The number of carbonyl (C=O) groups is 1. The van der Waals surface area contributed by atoms with Gasteiger partial charge >= 0.3 is 6.18 Å². The van der Waals surface area contributed by atoms with E-state index in [1.165, 1.54) is 49.4 Å². The molecule has 1 N–H and O–H groups in total. The minimum absolute atomic E-state index is 0.0369. The van der Waals surface area contributed by atoms with Gasteiger partial charge in [0.05, 0.1) is 11.0 Å². The van der Waals surface area contributed by atoms with E-state index in [0.29, 0.717) is 5.56 Å². The van der Waals surface area contributed by atoms with Crippen molar-refractivity contribution >= 4 is 16.9 Å². The highest BCUT2D eigenvalue weighted by Gasteiger charge is 2.38. The standard InChI is InChI=1S/C19H15F4N3O2/c1-11(17(27)24-10-12-5-4-6-13(20)9-12)26-15-8-3-2-7-14(15)25-16(18(26)28)19(21,22)23/h2-9,11H,10H2,1H3,(H,24,27)/t11-/m1/s1. The van der Waals surface area contributed by atoms with Crippen LogP contribution < -0.4 is 10.9 Å². The summed E-state index contributed by atoms with van der Waals surface area (Å²) in [6.07, 6.45) is -4.96. The summed E-state index contributed by atoms with van der Waals surface area (Å²) in [5.74, 6) is -1.16. The van der Waals surface area contributed by atoms with E-state index in [4.69, 9.17) is 0 Å². The van der Waals surface area contributed by atoms with E-state index in [2.05, 4.69) is 10.3 Å². The summed E-state index contributed by atoms with van der Waals surface area (Å²) in [5.41, 5.74) is -2.47. The zero-order valence-electron chi connectivity index (χ0n) is 14.6. The summed E-state index contributed by atoms with van der Waals surface area (Å²) in [7, 11) is 0. The minimum atomic E-state index is -4.96. The number of alkyl halides is 3. The molecule has 1 heterocycles. The number of carbonyl (C=O) groups excluding carboxylic acids is 1. The van der Waals surface area contributed by atoms with E-state index in [1.54, 1.807) is 6.07 Å². The first-order valence-electron chi connectivity index (χ1n) is 8.29. The smallest absolute Gasteiger partial charge is 0.350 e. The number of para-hydroxylation sites is 2. The van der Waals surface area contributed by atoms with Crippen molar-refractivity contribution in [3.63, 3.8) is 0 Å². The minimum Gasteiger partial charge on any atom is -0.350 e. The van der Waals surface area contributed by atoms with E-state index in [-0.39, 0.29) is 17.6 Å². The first kappa shape index (κ1) is 19.5. The number of nitrogens with zero attached hydrogens (tertiary/aromatic N) is 2. The molecule has 0 aliphatic carbocycles. The molecule has 0 aliphatic rings. The number of hydrogen-bond acceptors (Lipinski definition) is 3. The Hall–Kier alpha value is -3.23. The Bertz CT molecular complexity index is 1090. The normalized spacial score (nSPS) is 12.8. The van der Waals surface area contributed by atoms with E-state index >= 15 is 0 Å². The van der Waals surface area contributed by atoms with Crippen LogP contribution in [0.4, 0.5) is 17.6 Å². The second-order valence-electron chi connectivity index (χ2n) is 6.15. The van der Waals surface area contributed by atoms with Gasteiger partial charge in [-0.25, -0.2) is 9.37 Å². The number of nitrogens with one attached hydrogen (secondary N) is 1. The van der Waals surface area contributed by atoms with Crippen molar-refractivity contribution in [2.75, 3.05) is 0 Å². The van der Waals surface area contributed by atoms with Gasteiger partial charge in [0.15, 0.2) is 0 Å². The highest BCUT2D eigenvalue weighted by Crippen LogP contribution is 2.27. The van der Waals surface area contributed by atoms with E-state index in [0.717, 1.165) is 4.57 Å². The predicted octanol–water partition coefficient (Wildman–Crippen LogP) is 3.43. The zero-order valence-corrected chi connectivity index (χ0v) is 14.6. The lowest BCUT2D eigenvalue weighted by molar-refractivity contribution is -0.142. The molecule has 1 amide bonds. The Labute approximate surface area is 156 Å². The molecule has 9 heteroatoms. The van der Waals surface area contributed by atoms with Gasteiger partial charge in [0.1, 0.15) is 11.9 Å². The highest BCUT2D eigenvalue weighted by atomic mass is 19.4. The van der Waals surface area contributed by atoms with Crippen molar-refractivity contribution in [1.82, 2.24) is 14.9 Å². The second-order valence-corrected chi connectivity index (χ2v) is 6.15. The lowest BCUT2D eigenvalue weighted by atomic mass is 10.2. The fraction of sp³-hybridized carbons (Fsp3) is 0.211. The van der Waals surface area contributed by atoms with Gasteiger partial charge < -0.3 is 5.32 Å². The van der Waals surface area contributed by atoms with Crippen LogP contribution in [0, 0.1) is 5.82 Å². The van der Waals surface area contributed by atoms with Crippen LogP contribution in [0.2, 0.25) is 0 Å². The SMILES string of the molecule is C[C@H](C(=O)NCc1cccc(F)c1)n1c(=O)c(C(F)(F)F)nc2ccccc21. The molecule has 3 aromatic rings. The van der Waals surface area contributed by atoms with E-state index < -0.39 is 35.2 Å². The summed E-state index contributed by atoms with van der Waals surface area (Å²) in [6.45, 7) is 1.28. The third kappa shape index (κ3) is 3.88. The number of rotatable bonds is 4. The van der Waals surface area contributed by atoms with Crippen LogP contribution in [0.3, 0.4) is 0 Å². The maximum Gasteiger partial charge on any atom is 0.438 e. The van der Waals surface area contributed by atoms with Crippen molar-refractivity contribution in [2.24, 2.45) is 0 Å². The quantitative estimate of drug-likeness (QED) is 0.691. The Kier molecular flexibility index (Phi) is 5.17. The summed E-state index contributed by atoms with van der Waals surface area (Å²) >= 11 is 0. The molecule has 3 rings (SSSR count). The molecular weight excluding hydrogens is 378 g/mol. The average molecular weight is 393 g/mol. The first-order chi connectivity index (χ1) is 13.2. The molecule has 0 aliphatic heterocycles. The molecule has 0 saturated carbocycles. The van der Waals surface area contributed by atoms with Gasteiger partial charge in [-0.05, 0) is 36.8 Å². The van der Waals surface area contributed by atoms with Crippen LogP contribution >= 0.6 is 0 Å². The molecular formula is C19H15F4N3O2. The topological polar surface area (TPSA) is 64.0 Å². The largest absolute Gasteiger partial charge is 0.438 e. The molecule has 1 atom stereocenters. The molecule has 0 fully saturated rings. The molecule has 0 unspecified atom stereocenters. The second kappa shape index (κ2) is 7.41. The number of benzene rings is 2. The van der Waals surface area contributed by atoms with Crippen molar-refractivity contribution in [1.29, 1.82) is 0 Å².